The van der Waals surface area contributed by atoms with Crippen LogP contribution >= 0.6 is 0 Å². The number of phenolic OH excluding ortho intramolecular Hbond substituents is 1. The van der Waals surface area contributed by atoms with Gasteiger partial charge in [0.2, 0.25) is 0 Å². The summed E-state index contributed by atoms with van der Waals surface area (Å²) in [6, 6.07) is 14.6. The third kappa shape index (κ3) is 6.96. The molecule has 0 amide bonds. The van der Waals surface area contributed by atoms with Crippen molar-refractivity contribution >= 4 is 17.7 Å². The number of aromatic carboxylic acids is 1. The molecule has 1 saturated carbocycles. The summed E-state index contributed by atoms with van der Waals surface area (Å²) in [5.41, 5.74) is 2.74. The smallest absolute Gasteiger partial charge is 0.335 e. The summed E-state index contributed by atoms with van der Waals surface area (Å²) in [7, 11) is 1.31. The van der Waals surface area contributed by atoms with Crippen LogP contribution < -0.4 is 9.47 Å². The number of esters is 1. The normalized spacial score (nSPS) is 13.2. The fraction of sp³-hybridized carbons (Fsp3) is 0.323. The zero-order valence-electron chi connectivity index (χ0n) is 22.1. The maximum atomic E-state index is 13.3. The average molecular weight is 533 g/mol. The molecule has 204 valence electrons. The molecule has 3 aromatic rings. The van der Waals surface area contributed by atoms with Crippen molar-refractivity contribution in [2.45, 2.75) is 58.2 Å². The van der Waals surface area contributed by atoms with Gasteiger partial charge in [0.05, 0.1) is 24.3 Å². The average Bonchev–Trinajstić information content (AvgIpc) is 3.43. The van der Waals surface area contributed by atoms with Crippen LogP contribution in [-0.4, -0.2) is 41.1 Å². The van der Waals surface area contributed by atoms with Gasteiger partial charge >= 0.3 is 11.9 Å². The lowest BCUT2D eigenvalue weighted by atomic mass is 9.98. The van der Waals surface area contributed by atoms with E-state index in [2.05, 4.69) is 0 Å². The first-order valence-electron chi connectivity index (χ1n) is 12.9. The maximum Gasteiger partial charge on any atom is 0.335 e. The number of benzene rings is 3. The fourth-order valence-electron chi connectivity index (χ4n) is 4.74. The van der Waals surface area contributed by atoms with E-state index in [9.17, 15) is 24.6 Å². The Bertz CT molecular complexity index is 1370. The summed E-state index contributed by atoms with van der Waals surface area (Å²) in [5, 5.41) is 19.8. The molecule has 0 spiro atoms. The summed E-state index contributed by atoms with van der Waals surface area (Å²) in [6.07, 6.45) is 4.73. The van der Waals surface area contributed by atoms with E-state index in [0.717, 1.165) is 31.2 Å². The molecule has 1 aliphatic rings. The first kappa shape index (κ1) is 27.7. The van der Waals surface area contributed by atoms with Crippen LogP contribution in [0.2, 0.25) is 0 Å². The maximum absolute atomic E-state index is 13.3. The van der Waals surface area contributed by atoms with Crippen LogP contribution in [0.4, 0.5) is 0 Å². The summed E-state index contributed by atoms with van der Waals surface area (Å²) in [5.74, 6) is -0.900. The van der Waals surface area contributed by atoms with Crippen LogP contribution in [0.5, 0.6) is 17.2 Å². The predicted octanol–water partition coefficient (Wildman–Crippen LogP) is 5.64. The van der Waals surface area contributed by atoms with Crippen molar-refractivity contribution < 1.29 is 38.8 Å². The molecule has 1 aliphatic carbocycles. The molecule has 4 rings (SSSR count). The number of hydrogen-bond acceptors (Lipinski definition) is 7. The van der Waals surface area contributed by atoms with Gasteiger partial charge in [-0.05, 0) is 92.1 Å². The number of aryl methyl sites for hydroxylation is 2. The second kappa shape index (κ2) is 12.5. The first-order chi connectivity index (χ1) is 18.7. The number of methoxy groups -OCH3 is 1. The summed E-state index contributed by atoms with van der Waals surface area (Å²) < 4.78 is 16.7. The Hall–Kier alpha value is -4.33. The Balaban J connectivity index is 1.54. The van der Waals surface area contributed by atoms with Gasteiger partial charge in [-0.15, -0.1) is 0 Å². The highest BCUT2D eigenvalue weighted by Gasteiger charge is 2.20. The summed E-state index contributed by atoms with van der Waals surface area (Å²) in [6.45, 7) is 1.89. The van der Waals surface area contributed by atoms with E-state index < -0.39 is 11.9 Å². The minimum Gasteiger partial charge on any atom is -0.507 e. The van der Waals surface area contributed by atoms with E-state index in [1.807, 2.05) is 0 Å². The molecule has 0 radical (unpaired) electrons. The lowest BCUT2D eigenvalue weighted by Crippen LogP contribution is -2.11. The van der Waals surface area contributed by atoms with Crippen molar-refractivity contribution in [3.63, 3.8) is 0 Å². The second-order valence-electron chi connectivity index (χ2n) is 9.67. The minimum atomic E-state index is -0.993. The molecule has 8 nitrogen and oxygen atoms in total. The van der Waals surface area contributed by atoms with E-state index in [4.69, 9.17) is 14.2 Å². The van der Waals surface area contributed by atoms with Gasteiger partial charge in [-0.3, -0.25) is 9.59 Å². The number of carboxylic acid groups (broad SMARTS) is 1. The molecule has 3 aromatic carbocycles. The Morgan fingerprint density at radius 2 is 1.69 bits per heavy atom. The van der Waals surface area contributed by atoms with Crippen LogP contribution in [0.1, 0.15) is 75.1 Å². The summed E-state index contributed by atoms with van der Waals surface area (Å²) >= 11 is 0. The number of carbonyl (C=O) groups is 3. The Morgan fingerprint density at radius 1 is 0.949 bits per heavy atom. The van der Waals surface area contributed by atoms with Gasteiger partial charge in [-0.2, -0.15) is 0 Å². The number of aromatic hydroxyl groups is 1. The van der Waals surface area contributed by atoms with Crippen molar-refractivity contribution in [3.05, 3.63) is 88.0 Å². The zero-order valence-corrected chi connectivity index (χ0v) is 22.1. The number of carboxylic acids is 1. The van der Waals surface area contributed by atoms with Gasteiger partial charge in [-0.1, -0.05) is 12.1 Å². The van der Waals surface area contributed by atoms with Gasteiger partial charge in [0.25, 0.3) is 0 Å². The van der Waals surface area contributed by atoms with Crippen LogP contribution in [-0.2, 0) is 22.6 Å². The molecule has 0 bridgehead atoms. The van der Waals surface area contributed by atoms with Gasteiger partial charge in [0.1, 0.15) is 23.9 Å². The highest BCUT2D eigenvalue weighted by molar-refractivity contribution is 6.11. The van der Waals surface area contributed by atoms with Crippen molar-refractivity contribution in [2.75, 3.05) is 7.11 Å². The molecular formula is C31H32O8. The highest BCUT2D eigenvalue weighted by Crippen LogP contribution is 2.31. The number of rotatable bonds is 11. The van der Waals surface area contributed by atoms with Crippen LogP contribution in [0, 0.1) is 6.92 Å². The van der Waals surface area contributed by atoms with Crippen molar-refractivity contribution in [3.8, 4) is 17.2 Å². The van der Waals surface area contributed by atoms with Crippen molar-refractivity contribution in [2.24, 2.45) is 0 Å². The number of ketones is 1. The van der Waals surface area contributed by atoms with E-state index in [-0.39, 0.29) is 48.2 Å². The third-order valence-corrected chi connectivity index (χ3v) is 6.88. The fourth-order valence-corrected chi connectivity index (χ4v) is 4.74. The van der Waals surface area contributed by atoms with E-state index in [1.165, 1.54) is 19.2 Å². The molecule has 39 heavy (non-hydrogen) atoms. The standard InChI is InChI=1S/C31H32O8/c1-19-15-20(7-11-25(19)31(35)36)18-38-28-13-8-22(16-21(28)9-14-29(33)37-2)30(34)26-12-10-24(17-27(26)32)39-23-5-3-4-6-23/h7-8,10-13,15-17,23,32H,3-6,9,14,18H2,1-2H3,(H,35,36). The topological polar surface area (TPSA) is 119 Å². The van der Waals surface area contributed by atoms with Gasteiger partial charge < -0.3 is 24.4 Å². The Labute approximate surface area is 227 Å². The molecule has 1 fully saturated rings. The molecule has 0 unspecified atom stereocenters. The molecule has 8 heteroatoms. The molecule has 2 N–H and O–H groups in total. The third-order valence-electron chi connectivity index (χ3n) is 6.88. The molecule has 0 atom stereocenters. The lowest BCUT2D eigenvalue weighted by molar-refractivity contribution is -0.140. The number of hydrogen-bond donors (Lipinski definition) is 2. The first-order valence-corrected chi connectivity index (χ1v) is 12.9. The minimum absolute atomic E-state index is 0.0926. The molecule has 0 aromatic heterocycles. The van der Waals surface area contributed by atoms with Crippen LogP contribution in [0.25, 0.3) is 0 Å². The SMILES string of the molecule is COC(=O)CCc1cc(C(=O)c2ccc(OC3CCCC3)cc2O)ccc1OCc1ccc(C(=O)O)c(C)c1. The summed E-state index contributed by atoms with van der Waals surface area (Å²) in [4.78, 5) is 36.4. The van der Waals surface area contributed by atoms with E-state index in [0.29, 0.717) is 28.2 Å². The zero-order chi connectivity index (χ0) is 27.9. The van der Waals surface area contributed by atoms with Gasteiger partial charge in [0, 0.05) is 18.1 Å². The molecule has 0 aliphatic heterocycles. The molecule has 0 saturated heterocycles. The predicted molar refractivity (Wildman–Crippen MR) is 144 cm³/mol. The van der Waals surface area contributed by atoms with E-state index in [1.54, 1.807) is 49.4 Å². The largest absolute Gasteiger partial charge is 0.507 e. The Kier molecular flexibility index (Phi) is 8.86. The quantitative estimate of drug-likeness (QED) is 0.241. The van der Waals surface area contributed by atoms with Crippen molar-refractivity contribution in [1.82, 2.24) is 0 Å². The number of ether oxygens (including phenoxy) is 3. The van der Waals surface area contributed by atoms with Gasteiger partial charge in [0.15, 0.2) is 5.78 Å². The monoisotopic (exact) mass is 532 g/mol. The second-order valence-corrected chi connectivity index (χ2v) is 9.67. The van der Waals surface area contributed by atoms with E-state index >= 15 is 0 Å². The van der Waals surface area contributed by atoms with Crippen LogP contribution in [0.15, 0.2) is 54.6 Å². The van der Waals surface area contributed by atoms with Gasteiger partial charge in [-0.25, -0.2) is 4.79 Å². The number of carbonyl (C=O) groups excluding carboxylic acids is 2. The van der Waals surface area contributed by atoms with Crippen molar-refractivity contribution in [1.29, 1.82) is 0 Å². The highest BCUT2D eigenvalue weighted by atomic mass is 16.5. The lowest BCUT2D eigenvalue weighted by Gasteiger charge is -2.15. The van der Waals surface area contributed by atoms with Crippen LogP contribution in [0.3, 0.4) is 0 Å². The Morgan fingerprint density at radius 3 is 2.36 bits per heavy atom. The number of phenols is 1. The molecular weight excluding hydrogens is 500 g/mol. The molecule has 0 heterocycles.